The van der Waals surface area contributed by atoms with E-state index in [9.17, 15) is 19.7 Å². The first-order chi connectivity index (χ1) is 9.77. The second-order valence-electron chi connectivity index (χ2n) is 4.52. The van der Waals surface area contributed by atoms with Crippen LogP contribution in [0.2, 0.25) is 5.02 Å². The Balaban J connectivity index is 3.21. The first-order valence-electron chi connectivity index (χ1n) is 6.09. The molecule has 1 rings (SSSR count). The van der Waals surface area contributed by atoms with Gasteiger partial charge in [0.1, 0.15) is 12.1 Å². The number of rotatable bonds is 5. The monoisotopic (exact) mass is 314 g/mol. The van der Waals surface area contributed by atoms with Crippen LogP contribution in [0.25, 0.3) is 0 Å². The summed E-state index contributed by atoms with van der Waals surface area (Å²) < 4.78 is 4.53. The number of methoxy groups -OCH3 is 1. The average Bonchev–Trinajstić information content (AvgIpc) is 2.43. The highest BCUT2D eigenvalue weighted by Crippen LogP contribution is 2.25. The molecule has 0 N–H and O–H groups in total. The highest BCUT2D eigenvalue weighted by Gasteiger charge is 2.28. The Kier molecular flexibility index (Phi) is 5.66. The van der Waals surface area contributed by atoms with Crippen molar-refractivity contribution in [2.24, 2.45) is 0 Å². The van der Waals surface area contributed by atoms with E-state index in [1.165, 1.54) is 24.1 Å². The van der Waals surface area contributed by atoms with E-state index in [0.717, 1.165) is 6.07 Å². The van der Waals surface area contributed by atoms with Gasteiger partial charge in [0.15, 0.2) is 0 Å². The number of amides is 1. The fourth-order valence-electron chi connectivity index (χ4n) is 1.68. The number of hydrogen-bond acceptors (Lipinski definition) is 5. The van der Waals surface area contributed by atoms with Gasteiger partial charge in [-0.3, -0.25) is 19.7 Å². The fraction of sp³-hybridized carbons (Fsp3) is 0.385. The molecule has 21 heavy (non-hydrogen) atoms. The minimum absolute atomic E-state index is 0.123. The Morgan fingerprint density at radius 1 is 1.43 bits per heavy atom. The number of halogens is 1. The maximum atomic E-state index is 12.4. The van der Waals surface area contributed by atoms with Gasteiger partial charge in [0.25, 0.3) is 11.6 Å². The van der Waals surface area contributed by atoms with E-state index in [1.54, 1.807) is 13.8 Å². The Bertz CT molecular complexity index is 574. The number of carbonyl (C=O) groups excluding carboxylic acids is 2. The average molecular weight is 315 g/mol. The second kappa shape index (κ2) is 7.03. The molecule has 0 radical (unpaired) electrons. The van der Waals surface area contributed by atoms with Crippen LogP contribution >= 0.6 is 11.6 Å². The summed E-state index contributed by atoms with van der Waals surface area (Å²) in [6, 6.07) is 3.44. The lowest BCUT2D eigenvalue weighted by Crippen LogP contribution is -2.41. The minimum atomic E-state index is -0.685. The molecule has 0 saturated carbocycles. The standard InChI is InChI=1S/C13H15ClN2O5/c1-8(2)15(7-12(17)21-3)13(18)10-5-4-9(14)6-11(10)16(19)20/h4-6,8H,7H2,1-3H3. The van der Waals surface area contributed by atoms with Gasteiger partial charge in [-0.05, 0) is 26.0 Å². The zero-order chi connectivity index (χ0) is 16.2. The number of hydrogen-bond donors (Lipinski definition) is 0. The van der Waals surface area contributed by atoms with E-state index in [4.69, 9.17) is 11.6 Å². The van der Waals surface area contributed by atoms with Gasteiger partial charge in [0.05, 0.1) is 12.0 Å². The van der Waals surface area contributed by atoms with Crippen molar-refractivity contribution < 1.29 is 19.2 Å². The Morgan fingerprint density at radius 3 is 2.52 bits per heavy atom. The molecular formula is C13H15ClN2O5. The van der Waals surface area contributed by atoms with E-state index in [2.05, 4.69) is 4.74 Å². The number of nitro groups is 1. The summed E-state index contributed by atoms with van der Waals surface area (Å²) in [5.41, 5.74) is -0.523. The van der Waals surface area contributed by atoms with Crippen molar-refractivity contribution >= 4 is 29.2 Å². The number of carbonyl (C=O) groups is 2. The number of ether oxygens (including phenoxy) is 1. The van der Waals surface area contributed by atoms with Gasteiger partial charge < -0.3 is 9.64 Å². The summed E-state index contributed by atoms with van der Waals surface area (Å²) in [5.74, 6) is -1.23. The Morgan fingerprint density at radius 2 is 2.05 bits per heavy atom. The molecule has 1 aromatic carbocycles. The zero-order valence-electron chi connectivity index (χ0n) is 11.8. The summed E-state index contributed by atoms with van der Waals surface area (Å²) in [5, 5.41) is 11.2. The van der Waals surface area contributed by atoms with Crippen LogP contribution in [0.4, 0.5) is 5.69 Å². The summed E-state index contributed by atoms with van der Waals surface area (Å²) in [7, 11) is 1.20. The molecule has 7 nitrogen and oxygen atoms in total. The molecule has 114 valence electrons. The molecular weight excluding hydrogens is 300 g/mol. The topological polar surface area (TPSA) is 89.8 Å². The van der Waals surface area contributed by atoms with Crippen LogP contribution in [0.1, 0.15) is 24.2 Å². The number of nitro benzene ring substituents is 1. The lowest BCUT2D eigenvalue weighted by molar-refractivity contribution is -0.385. The third-order valence-corrected chi connectivity index (χ3v) is 3.03. The van der Waals surface area contributed by atoms with E-state index < -0.39 is 22.5 Å². The summed E-state index contributed by atoms with van der Waals surface area (Å²) >= 11 is 5.71. The van der Waals surface area contributed by atoms with Gasteiger partial charge in [0, 0.05) is 17.1 Å². The van der Waals surface area contributed by atoms with Crippen molar-refractivity contribution in [3.63, 3.8) is 0 Å². The minimum Gasteiger partial charge on any atom is -0.468 e. The fourth-order valence-corrected chi connectivity index (χ4v) is 1.85. The van der Waals surface area contributed by atoms with Crippen LogP contribution < -0.4 is 0 Å². The molecule has 0 atom stereocenters. The smallest absolute Gasteiger partial charge is 0.325 e. The molecule has 0 saturated heterocycles. The quantitative estimate of drug-likeness (QED) is 0.472. The first-order valence-corrected chi connectivity index (χ1v) is 6.47. The van der Waals surface area contributed by atoms with E-state index >= 15 is 0 Å². The van der Waals surface area contributed by atoms with Crippen molar-refractivity contribution in [2.75, 3.05) is 13.7 Å². The molecule has 0 bridgehead atoms. The van der Waals surface area contributed by atoms with Crippen LogP contribution in [0.15, 0.2) is 18.2 Å². The summed E-state index contributed by atoms with van der Waals surface area (Å²) in [6.45, 7) is 3.11. The third kappa shape index (κ3) is 4.16. The Hall–Kier alpha value is -2.15. The van der Waals surface area contributed by atoms with Crippen molar-refractivity contribution in [1.29, 1.82) is 0 Å². The number of nitrogens with zero attached hydrogens (tertiary/aromatic N) is 2. The van der Waals surface area contributed by atoms with Crippen molar-refractivity contribution in [3.05, 3.63) is 38.9 Å². The molecule has 0 aliphatic carbocycles. The van der Waals surface area contributed by atoms with Crippen molar-refractivity contribution in [3.8, 4) is 0 Å². The van der Waals surface area contributed by atoms with Gasteiger partial charge in [-0.2, -0.15) is 0 Å². The summed E-state index contributed by atoms with van der Waals surface area (Å²) in [4.78, 5) is 35.4. The molecule has 1 aromatic rings. The molecule has 1 amide bonds. The molecule has 0 aromatic heterocycles. The van der Waals surface area contributed by atoms with Crippen LogP contribution in [-0.4, -0.2) is 41.4 Å². The number of esters is 1. The maximum Gasteiger partial charge on any atom is 0.325 e. The molecule has 0 aliphatic rings. The first kappa shape index (κ1) is 16.9. The van der Waals surface area contributed by atoms with E-state index in [1.807, 2.05) is 0 Å². The Labute approximate surface area is 126 Å². The third-order valence-electron chi connectivity index (χ3n) is 2.80. The lowest BCUT2D eigenvalue weighted by Gasteiger charge is -2.25. The van der Waals surface area contributed by atoms with Gasteiger partial charge in [0.2, 0.25) is 0 Å². The van der Waals surface area contributed by atoms with E-state index in [0.29, 0.717) is 0 Å². The highest BCUT2D eigenvalue weighted by atomic mass is 35.5. The molecule has 0 aliphatic heterocycles. The van der Waals surface area contributed by atoms with Crippen LogP contribution in [0, 0.1) is 10.1 Å². The number of benzene rings is 1. The zero-order valence-corrected chi connectivity index (χ0v) is 12.6. The predicted molar refractivity (Wildman–Crippen MR) is 76.3 cm³/mol. The van der Waals surface area contributed by atoms with Gasteiger partial charge in [-0.15, -0.1) is 0 Å². The summed E-state index contributed by atoms with van der Waals surface area (Å²) in [6.07, 6.45) is 0. The van der Waals surface area contributed by atoms with Crippen LogP contribution in [-0.2, 0) is 9.53 Å². The van der Waals surface area contributed by atoms with E-state index in [-0.39, 0.29) is 23.2 Å². The van der Waals surface area contributed by atoms with Gasteiger partial charge in [-0.25, -0.2) is 0 Å². The molecule has 0 spiro atoms. The van der Waals surface area contributed by atoms with Gasteiger partial charge in [-0.1, -0.05) is 11.6 Å². The molecule has 8 heteroatoms. The molecule has 0 fully saturated rings. The molecule has 0 unspecified atom stereocenters. The SMILES string of the molecule is COC(=O)CN(C(=O)c1ccc(Cl)cc1[N+](=O)[O-])C(C)C. The largest absolute Gasteiger partial charge is 0.468 e. The lowest BCUT2D eigenvalue weighted by atomic mass is 10.1. The van der Waals surface area contributed by atoms with Crippen LogP contribution in [0.5, 0.6) is 0 Å². The van der Waals surface area contributed by atoms with Crippen molar-refractivity contribution in [2.45, 2.75) is 19.9 Å². The van der Waals surface area contributed by atoms with Crippen molar-refractivity contribution in [1.82, 2.24) is 4.90 Å². The molecule has 0 heterocycles. The maximum absolute atomic E-state index is 12.4. The second-order valence-corrected chi connectivity index (χ2v) is 4.96. The van der Waals surface area contributed by atoms with Crippen LogP contribution in [0.3, 0.4) is 0 Å². The predicted octanol–water partition coefficient (Wildman–Crippen LogP) is 2.27. The highest BCUT2D eigenvalue weighted by molar-refractivity contribution is 6.31. The normalized spacial score (nSPS) is 10.3. The van der Waals surface area contributed by atoms with Gasteiger partial charge >= 0.3 is 5.97 Å².